The number of aliphatic carboxylic acids is 1. The summed E-state index contributed by atoms with van der Waals surface area (Å²) in [6.07, 6.45) is -0.555. The van der Waals surface area contributed by atoms with Crippen molar-refractivity contribution in [2.24, 2.45) is 5.41 Å². The maximum Gasteiger partial charge on any atom is 0.409 e. The topological polar surface area (TPSA) is 87.1 Å². The van der Waals surface area contributed by atoms with Crippen LogP contribution in [0.25, 0.3) is 0 Å². The molecule has 1 aliphatic heterocycles. The first kappa shape index (κ1) is 14.8. The summed E-state index contributed by atoms with van der Waals surface area (Å²) in [5, 5.41) is 18.1. The molecule has 6 nitrogen and oxygen atoms in total. The van der Waals surface area contributed by atoms with Gasteiger partial charge in [0.2, 0.25) is 0 Å². The molecule has 18 heavy (non-hydrogen) atoms. The fraction of sp³-hybridized carbons (Fsp3) is 0.833. The normalized spacial score (nSPS) is 23.1. The lowest BCUT2D eigenvalue weighted by molar-refractivity contribution is -0.139. The van der Waals surface area contributed by atoms with Gasteiger partial charge in [-0.1, -0.05) is 13.8 Å². The van der Waals surface area contributed by atoms with Gasteiger partial charge in [0, 0.05) is 0 Å². The van der Waals surface area contributed by atoms with Crippen molar-refractivity contribution in [2.45, 2.75) is 52.3 Å². The summed E-state index contributed by atoms with van der Waals surface area (Å²) in [5.41, 5.74) is -1.32. The Morgan fingerprint density at radius 2 is 1.94 bits per heavy atom. The third kappa shape index (κ3) is 3.35. The standard InChI is InChI=1S/C12H21NO5/c1-11(2,6-9(14)15)5-8-7-18-12(3,4)13(8)10(16)17/h8H,5-7H2,1-4H3,(H,14,15)(H,16,17)/t8-/m0/s1. The fourth-order valence-electron chi connectivity index (χ4n) is 2.54. The van der Waals surface area contributed by atoms with E-state index in [1.165, 1.54) is 4.90 Å². The van der Waals surface area contributed by atoms with Gasteiger partial charge in [-0.25, -0.2) is 4.79 Å². The van der Waals surface area contributed by atoms with E-state index >= 15 is 0 Å². The van der Waals surface area contributed by atoms with Crippen LogP contribution in [0.15, 0.2) is 0 Å². The van der Waals surface area contributed by atoms with Gasteiger partial charge in [0.05, 0.1) is 19.1 Å². The van der Waals surface area contributed by atoms with Crippen LogP contribution in [0.5, 0.6) is 0 Å². The molecule has 0 radical (unpaired) electrons. The molecule has 0 aromatic heterocycles. The molecule has 0 aromatic rings. The molecule has 1 aliphatic rings. The number of ether oxygens (including phenoxy) is 1. The van der Waals surface area contributed by atoms with E-state index in [0.717, 1.165) is 0 Å². The zero-order valence-corrected chi connectivity index (χ0v) is 11.3. The molecule has 1 atom stereocenters. The highest BCUT2D eigenvalue weighted by Gasteiger charge is 2.45. The van der Waals surface area contributed by atoms with Crippen molar-refractivity contribution in [1.82, 2.24) is 4.90 Å². The number of carboxylic acids is 1. The van der Waals surface area contributed by atoms with Crippen molar-refractivity contribution in [3.63, 3.8) is 0 Å². The van der Waals surface area contributed by atoms with Crippen molar-refractivity contribution in [2.75, 3.05) is 6.61 Å². The van der Waals surface area contributed by atoms with E-state index in [1.807, 2.05) is 13.8 Å². The number of nitrogens with zero attached hydrogens (tertiary/aromatic N) is 1. The second-order valence-corrected chi connectivity index (χ2v) is 6.00. The maximum absolute atomic E-state index is 11.3. The van der Waals surface area contributed by atoms with Gasteiger partial charge in [0.15, 0.2) is 0 Å². The molecule has 1 amide bonds. The van der Waals surface area contributed by atoms with Crippen molar-refractivity contribution in [1.29, 1.82) is 0 Å². The Kier molecular flexibility index (Phi) is 3.90. The summed E-state index contributed by atoms with van der Waals surface area (Å²) in [4.78, 5) is 23.3. The minimum absolute atomic E-state index is 0.0113. The first-order valence-electron chi connectivity index (χ1n) is 5.93. The van der Waals surface area contributed by atoms with E-state index < -0.39 is 23.2 Å². The highest BCUT2D eigenvalue weighted by Crippen LogP contribution is 2.35. The number of amides is 1. The predicted molar refractivity (Wildman–Crippen MR) is 64.3 cm³/mol. The molecular formula is C12H21NO5. The first-order chi connectivity index (χ1) is 8.05. The van der Waals surface area contributed by atoms with E-state index in [0.29, 0.717) is 13.0 Å². The lowest BCUT2D eigenvalue weighted by Crippen LogP contribution is -2.48. The summed E-state index contributed by atoms with van der Waals surface area (Å²) in [5.74, 6) is -0.875. The average molecular weight is 259 g/mol. The molecule has 0 spiro atoms. The molecule has 0 bridgehead atoms. The fourth-order valence-corrected chi connectivity index (χ4v) is 2.54. The summed E-state index contributed by atoms with van der Waals surface area (Å²) in [6, 6.07) is -0.299. The van der Waals surface area contributed by atoms with E-state index in [1.54, 1.807) is 13.8 Å². The zero-order chi connectivity index (χ0) is 14.1. The zero-order valence-electron chi connectivity index (χ0n) is 11.3. The number of carboxylic acid groups (broad SMARTS) is 2. The van der Waals surface area contributed by atoms with Crippen LogP contribution < -0.4 is 0 Å². The molecule has 0 aromatic carbocycles. The Balaban J connectivity index is 2.78. The monoisotopic (exact) mass is 259 g/mol. The van der Waals surface area contributed by atoms with E-state index in [-0.39, 0.29) is 12.5 Å². The van der Waals surface area contributed by atoms with Crippen LogP contribution in [-0.4, -0.2) is 45.5 Å². The van der Waals surface area contributed by atoms with Gasteiger partial charge in [-0.05, 0) is 25.7 Å². The summed E-state index contributed by atoms with van der Waals surface area (Å²) in [6.45, 7) is 7.36. The lowest BCUT2D eigenvalue weighted by atomic mass is 9.82. The Bertz CT molecular complexity index is 350. The molecule has 1 saturated heterocycles. The smallest absolute Gasteiger partial charge is 0.409 e. The van der Waals surface area contributed by atoms with Crippen molar-refractivity contribution in [3.05, 3.63) is 0 Å². The van der Waals surface area contributed by atoms with Gasteiger partial charge in [-0.2, -0.15) is 0 Å². The van der Waals surface area contributed by atoms with Crippen molar-refractivity contribution < 1.29 is 24.5 Å². The number of carbonyl (C=O) groups is 2. The number of rotatable bonds is 4. The highest BCUT2D eigenvalue weighted by molar-refractivity contribution is 5.68. The molecular weight excluding hydrogens is 238 g/mol. The quantitative estimate of drug-likeness (QED) is 0.806. The summed E-state index contributed by atoms with van der Waals surface area (Å²) < 4.78 is 5.48. The second kappa shape index (κ2) is 4.76. The Morgan fingerprint density at radius 1 is 1.39 bits per heavy atom. The van der Waals surface area contributed by atoms with Gasteiger partial charge in [-0.15, -0.1) is 0 Å². The second-order valence-electron chi connectivity index (χ2n) is 6.00. The van der Waals surface area contributed by atoms with Gasteiger partial charge in [-0.3, -0.25) is 9.69 Å². The average Bonchev–Trinajstić information content (AvgIpc) is 2.37. The minimum atomic E-state index is -1.03. The Labute approximate surface area is 107 Å². The number of hydrogen-bond donors (Lipinski definition) is 2. The van der Waals surface area contributed by atoms with E-state index in [4.69, 9.17) is 9.84 Å². The van der Waals surface area contributed by atoms with E-state index in [2.05, 4.69) is 0 Å². The van der Waals surface area contributed by atoms with Gasteiger partial charge < -0.3 is 14.9 Å². The van der Waals surface area contributed by atoms with Crippen LogP contribution in [0.1, 0.15) is 40.5 Å². The third-order valence-corrected chi connectivity index (χ3v) is 3.20. The van der Waals surface area contributed by atoms with Crippen molar-refractivity contribution >= 4 is 12.1 Å². The SMILES string of the molecule is CC(C)(CC(=O)O)C[C@H]1COC(C)(C)N1C(=O)O. The molecule has 1 fully saturated rings. The van der Waals surface area contributed by atoms with Crippen LogP contribution in [0.3, 0.4) is 0 Å². The van der Waals surface area contributed by atoms with Crippen LogP contribution >= 0.6 is 0 Å². The van der Waals surface area contributed by atoms with Gasteiger partial charge in [0.25, 0.3) is 0 Å². The molecule has 2 N–H and O–H groups in total. The molecule has 1 heterocycles. The molecule has 104 valence electrons. The van der Waals surface area contributed by atoms with Crippen LogP contribution in [-0.2, 0) is 9.53 Å². The number of hydrogen-bond acceptors (Lipinski definition) is 3. The van der Waals surface area contributed by atoms with Crippen LogP contribution in [0, 0.1) is 5.41 Å². The van der Waals surface area contributed by atoms with Crippen LogP contribution in [0.2, 0.25) is 0 Å². The van der Waals surface area contributed by atoms with E-state index in [9.17, 15) is 14.7 Å². The summed E-state index contributed by atoms with van der Waals surface area (Å²) >= 11 is 0. The Morgan fingerprint density at radius 3 is 2.39 bits per heavy atom. The molecule has 1 rings (SSSR count). The van der Waals surface area contributed by atoms with Gasteiger partial charge >= 0.3 is 12.1 Å². The molecule has 0 saturated carbocycles. The molecule has 6 heteroatoms. The lowest BCUT2D eigenvalue weighted by Gasteiger charge is -2.34. The Hall–Kier alpha value is -1.30. The largest absolute Gasteiger partial charge is 0.481 e. The predicted octanol–water partition coefficient (Wildman–Crippen LogP) is 1.99. The highest BCUT2D eigenvalue weighted by atomic mass is 16.5. The molecule has 0 aliphatic carbocycles. The summed E-state index contributed by atoms with van der Waals surface area (Å²) in [7, 11) is 0. The minimum Gasteiger partial charge on any atom is -0.481 e. The molecule has 0 unspecified atom stereocenters. The first-order valence-corrected chi connectivity index (χ1v) is 5.93. The van der Waals surface area contributed by atoms with Gasteiger partial charge in [0.1, 0.15) is 5.72 Å². The van der Waals surface area contributed by atoms with Crippen molar-refractivity contribution in [3.8, 4) is 0 Å². The maximum atomic E-state index is 11.3. The van der Waals surface area contributed by atoms with Crippen LogP contribution in [0.4, 0.5) is 4.79 Å². The third-order valence-electron chi connectivity index (χ3n) is 3.20.